The summed E-state index contributed by atoms with van der Waals surface area (Å²) < 4.78 is 0. The molecule has 1 aromatic carbocycles. The van der Waals surface area contributed by atoms with Crippen molar-refractivity contribution in [3.05, 3.63) is 28.8 Å². The third-order valence-corrected chi connectivity index (χ3v) is 4.27. The molecule has 3 heteroatoms. The normalized spacial score (nSPS) is 15.2. The second-order valence-corrected chi connectivity index (χ2v) is 8.86. The average Bonchev–Trinajstić information content (AvgIpc) is 2.35. The third-order valence-electron chi connectivity index (χ3n) is 4.07. The maximum atomic E-state index is 5.50. The van der Waals surface area contributed by atoms with Gasteiger partial charge in [0.1, 0.15) is 0 Å². The summed E-state index contributed by atoms with van der Waals surface area (Å²) in [7, 11) is 0. The van der Waals surface area contributed by atoms with Crippen molar-refractivity contribution in [2.24, 2.45) is 0 Å². The fraction of sp³-hybridized carbons (Fsp3) is 0.632. The zero-order chi connectivity index (χ0) is 16.5. The summed E-state index contributed by atoms with van der Waals surface area (Å²) in [5.74, 6) is 0. The second-order valence-electron chi connectivity index (χ2n) is 8.45. The molecule has 0 aliphatic heterocycles. The molecule has 0 unspecified atom stereocenters. The minimum atomic E-state index is -0.0220. The molecule has 2 rings (SSSR count). The highest BCUT2D eigenvalue weighted by Gasteiger charge is 2.21. The van der Waals surface area contributed by atoms with Crippen molar-refractivity contribution in [1.29, 1.82) is 0 Å². The molecule has 0 saturated carbocycles. The van der Waals surface area contributed by atoms with Crippen LogP contribution in [0, 0.1) is 0 Å². The lowest BCUT2D eigenvalue weighted by atomic mass is 9.81. The Morgan fingerprint density at radius 3 is 2.23 bits per heavy atom. The van der Waals surface area contributed by atoms with E-state index < -0.39 is 0 Å². The van der Waals surface area contributed by atoms with Gasteiger partial charge in [-0.2, -0.15) is 0 Å². The SMILES string of the molecule is CC(C)(C)NC(=S)Nc1cc(C(C)(C)C)cc2c1CCCC2. The van der Waals surface area contributed by atoms with Gasteiger partial charge in [0.2, 0.25) is 0 Å². The topological polar surface area (TPSA) is 24.1 Å². The van der Waals surface area contributed by atoms with Crippen LogP contribution < -0.4 is 10.6 Å². The third kappa shape index (κ3) is 4.45. The fourth-order valence-electron chi connectivity index (χ4n) is 2.91. The molecule has 122 valence electrons. The minimum absolute atomic E-state index is 0.0220. The van der Waals surface area contributed by atoms with Crippen molar-refractivity contribution < 1.29 is 0 Å². The van der Waals surface area contributed by atoms with Crippen LogP contribution in [0.25, 0.3) is 0 Å². The Hall–Kier alpha value is -1.09. The van der Waals surface area contributed by atoms with Gasteiger partial charge in [0.05, 0.1) is 0 Å². The number of benzene rings is 1. The lowest BCUT2D eigenvalue weighted by Gasteiger charge is -2.28. The van der Waals surface area contributed by atoms with Crippen LogP contribution in [0.2, 0.25) is 0 Å². The lowest BCUT2D eigenvalue weighted by molar-refractivity contribution is 0.514. The monoisotopic (exact) mass is 318 g/mol. The summed E-state index contributed by atoms with van der Waals surface area (Å²) in [5, 5.41) is 7.53. The number of thiocarbonyl (C=S) groups is 1. The van der Waals surface area contributed by atoms with E-state index in [9.17, 15) is 0 Å². The van der Waals surface area contributed by atoms with Gasteiger partial charge in [-0.25, -0.2) is 0 Å². The van der Waals surface area contributed by atoms with Gasteiger partial charge in [0.25, 0.3) is 0 Å². The number of nitrogens with one attached hydrogen (secondary N) is 2. The van der Waals surface area contributed by atoms with Crippen LogP contribution in [0.15, 0.2) is 12.1 Å². The molecule has 1 aliphatic rings. The van der Waals surface area contributed by atoms with Crippen molar-refractivity contribution in [3.8, 4) is 0 Å². The first-order chi connectivity index (χ1) is 10.1. The summed E-state index contributed by atoms with van der Waals surface area (Å²) in [6.45, 7) is 13.2. The van der Waals surface area contributed by atoms with Gasteiger partial charge >= 0.3 is 0 Å². The Morgan fingerprint density at radius 2 is 1.64 bits per heavy atom. The molecule has 0 heterocycles. The maximum Gasteiger partial charge on any atom is 0.171 e. The van der Waals surface area contributed by atoms with Crippen molar-refractivity contribution in [3.63, 3.8) is 0 Å². The Kier molecular flexibility index (Phi) is 4.86. The first-order valence-corrected chi connectivity index (χ1v) is 8.72. The van der Waals surface area contributed by atoms with Crippen LogP contribution in [-0.4, -0.2) is 10.7 Å². The molecule has 0 saturated heterocycles. The summed E-state index contributed by atoms with van der Waals surface area (Å²) in [5.41, 5.74) is 5.67. The highest BCUT2D eigenvalue weighted by Crippen LogP contribution is 2.34. The van der Waals surface area contributed by atoms with Gasteiger partial charge in [-0.15, -0.1) is 0 Å². The molecule has 0 bridgehead atoms. The Balaban J connectivity index is 2.34. The molecule has 0 atom stereocenters. The molecule has 22 heavy (non-hydrogen) atoms. The van der Waals surface area contributed by atoms with Crippen LogP contribution in [0.1, 0.15) is 71.1 Å². The van der Waals surface area contributed by atoms with E-state index in [1.165, 1.54) is 41.6 Å². The standard InChI is InChI=1S/C19H30N2S/c1-18(2,3)14-11-13-9-7-8-10-15(13)16(12-14)20-17(22)21-19(4,5)6/h11-12H,7-10H2,1-6H3,(H2,20,21,22). The van der Waals surface area contributed by atoms with E-state index in [4.69, 9.17) is 12.2 Å². The predicted molar refractivity (Wildman–Crippen MR) is 101 cm³/mol. The van der Waals surface area contributed by atoms with E-state index in [2.05, 4.69) is 64.3 Å². The molecule has 0 radical (unpaired) electrons. The molecule has 0 fully saturated rings. The molecule has 0 spiro atoms. The zero-order valence-corrected chi connectivity index (χ0v) is 15.7. The highest BCUT2D eigenvalue weighted by atomic mass is 32.1. The summed E-state index contributed by atoms with van der Waals surface area (Å²) in [4.78, 5) is 0. The Morgan fingerprint density at radius 1 is 1.00 bits per heavy atom. The fourth-order valence-corrected chi connectivity index (χ4v) is 3.32. The molecule has 0 aromatic heterocycles. The van der Waals surface area contributed by atoms with Crippen molar-refractivity contribution in [2.45, 2.75) is 78.2 Å². The summed E-state index contributed by atoms with van der Waals surface area (Å²) >= 11 is 5.50. The van der Waals surface area contributed by atoms with E-state index in [1.54, 1.807) is 0 Å². The predicted octanol–water partition coefficient (Wildman–Crippen LogP) is 4.95. The first kappa shape index (κ1) is 17.3. The first-order valence-electron chi connectivity index (χ1n) is 8.32. The highest BCUT2D eigenvalue weighted by molar-refractivity contribution is 7.80. The lowest BCUT2D eigenvalue weighted by Crippen LogP contribution is -2.43. The van der Waals surface area contributed by atoms with Gasteiger partial charge in [0.15, 0.2) is 5.11 Å². The van der Waals surface area contributed by atoms with Crippen molar-refractivity contribution >= 4 is 23.0 Å². The van der Waals surface area contributed by atoms with E-state index in [0.717, 1.165) is 6.42 Å². The number of anilines is 1. The quantitative estimate of drug-likeness (QED) is 0.717. The van der Waals surface area contributed by atoms with E-state index in [-0.39, 0.29) is 11.0 Å². The van der Waals surface area contributed by atoms with E-state index >= 15 is 0 Å². The van der Waals surface area contributed by atoms with Gasteiger partial charge in [-0.1, -0.05) is 26.8 Å². The summed E-state index contributed by atoms with van der Waals surface area (Å²) in [6, 6.07) is 4.70. The molecule has 1 aromatic rings. The minimum Gasteiger partial charge on any atom is -0.358 e. The van der Waals surface area contributed by atoms with Crippen LogP contribution in [0.3, 0.4) is 0 Å². The Labute approximate surface area is 141 Å². The number of rotatable bonds is 1. The van der Waals surface area contributed by atoms with Crippen molar-refractivity contribution in [1.82, 2.24) is 5.32 Å². The molecule has 1 aliphatic carbocycles. The van der Waals surface area contributed by atoms with Crippen LogP contribution in [-0.2, 0) is 18.3 Å². The summed E-state index contributed by atoms with van der Waals surface area (Å²) in [6.07, 6.45) is 4.91. The van der Waals surface area contributed by atoms with Gasteiger partial charge in [-0.05, 0) is 86.8 Å². The number of hydrogen-bond donors (Lipinski definition) is 2. The van der Waals surface area contributed by atoms with Crippen LogP contribution in [0.5, 0.6) is 0 Å². The van der Waals surface area contributed by atoms with Gasteiger partial charge in [-0.3, -0.25) is 0 Å². The molecule has 2 N–H and O–H groups in total. The molecular weight excluding hydrogens is 288 g/mol. The number of aryl methyl sites for hydroxylation is 1. The van der Waals surface area contributed by atoms with E-state index in [1.807, 2.05) is 0 Å². The Bertz CT molecular complexity index is 562. The smallest absolute Gasteiger partial charge is 0.171 e. The van der Waals surface area contributed by atoms with Gasteiger partial charge in [0, 0.05) is 11.2 Å². The number of fused-ring (bicyclic) bond motifs is 1. The number of hydrogen-bond acceptors (Lipinski definition) is 1. The van der Waals surface area contributed by atoms with E-state index in [0.29, 0.717) is 5.11 Å². The van der Waals surface area contributed by atoms with Crippen LogP contribution in [0.4, 0.5) is 5.69 Å². The second kappa shape index (κ2) is 6.19. The zero-order valence-electron chi connectivity index (χ0n) is 14.9. The van der Waals surface area contributed by atoms with Crippen molar-refractivity contribution in [2.75, 3.05) is 5.32 Å². The largest absolute Gasteiger partial charge is 0.358 e. The average molecular weight is 319 g/mol. The molecule has 0 amide bonds. The van der Waals surface area contributed by atoms with Crippen LogP contribution >= 0.6 is 12.2 Å². The molecular formula is C19H30N2S. The molecule has 2 nitrogen and oxygen atoms in total. The van der Waals surface area contributed by atoms with Gasteiger partial charge < -0.3 is 10.6 Å². The maximum absolute atomic E-state index is 5.50.